The van der Waals surface area contributed by atoms with Gasteiger partial charge in [0.2, 0.25) is 0 Å². The van der Waals surface area contributed by atoms with Crippen LogP contribution >= 0.6 is 0 Å². The molecule has 5 heteroatoms. The van der Waals surface area contributed by atoms with Crippen molar-refractivity contribution in [3.8, 4) is 5.75 Å². The number of hydrogen-bond donors (Lipinski definition) is 1. The summed E-state index contributed by atoms with van der Waals surface area (Å²) in [6.45, 7) is 5.44. The van der Waals surface area contributed by atoms with E-state index < -0.39 is 17.6 Å². The Kier molecular flexibility index (Phi) is 4.65. The number of carbonyl (C=O) groups excluding carboxylic acids is 1. The standard InChI is InChI=1S/C17H19NO4/c1-10-5-8-15(21-4)14(9-10)12(3)22-17(20)13-7-6-11(2)18-16(13)19/h5-9,12H,1-4H3,(H,18,19)/t12-/m0/s1. The van der Waals surface area contributed by atoms with Gasteiger partial charge in [-0.1, -0.05) is 11.6 Å². The van der Waals surface area contributed by atoms with E-state index in [1.165, 1.54) is 6.07 Å². The number of aromatic amines is 1. The van der Waals surface area contributed by atoms with Crippen LogP contribution in [0.15, 0.2) is 35.1 Å². The van der Waals surface area contributed by atoms with Gasteiger partial charge in [-0.3, -0.25) is 4.79 Å². The van der Waals surface area contributed by atoms with Crippen molar-refractivity contribution in [3.05, 3.63) is 63.1 Å². The second-order valence-electron chi connectivity index (χ2n) is 5.18. The van der Waals surface area contributed by atoms with Crippen molar-refractivity contribution in [3.63, 3.8) is 0 Å². The highest BCUT2D eigenvalue weighted by Gasteiger charge is 2.19. The number of carbonyl (C=O) groups is 1. The molecule has 1 aromatic carbocycles. The van der Waals surface area contributed by atoms with Crippen LogP contribution in [-0.4, -0.2) is 18.1 Å². The minimum Gasteiger partial charge on any atom is -0.496 e. The van der Waals surface area contributed by atoms with Crippen LogP contribution in [0.4, 0.5) is 0 Å². The first kappa shape index (κ1) is 15.8. The highest BCUT2D eigenvalue weighted by Crippen LogP contribution is 2.28. The van der Waals surface area contributed by atoms with Gasteiger partial charge >= 0.3 is 5.97 Å². The van der Waals surface area contributed by atoms with E-state index in [1.54, 1.807) is 27.0 Å². The molecule has 1 atom stereocenters. The Bertz CT molecular complexity index is 749. The van der Waals surface area contributed by atoms with Crippen molar-refractivity contribution in [2.75, 3.05) is 7.11 Å². The van der Waals surface area contributed by atoms with Crippen LogP contribution in [0.2, 0.25) is 0 Å². The molecule has 0 radical (unpaired) electrons. The number of esters is 1. The lowest BCUT2D eigenvalue weighted by atomic mass is 10.1. The van der Waals surface area contributed by atoms with E-state index in [-0.39, 0.29) is 5.56 Å². The van der Waals surface area contributed by atoms with Gasteiger partial charge < -0.3 is 14.5 Å². The number of ether oxygens (including phenoxy) is 2. The van der Waals surface area contributed by atoms with Gasteiger partial charge in [-0.25, -0.2) is 4.79 Å². The van der Waals surface area contributed by atoms with E-state index in [4.69, 9.17) is 9.47 Å². The lowest BCUT2D eigenvalue weighted by Crippen LogP contribution is -2.21. The molecule has 0 saturated carbocycles. The van der Waals surface area contributed by atoms with Crippen LogP contribution in [-0.2, 0) is 4.74 Å². The zero-order chi connectivity index (χ0) is 16.3. The zero-order valence-electron chi connectivity index (χ0n) is 13.1. The fourth-order valence-electron chi connectivity index (χ4n) is 2.19. The number of rotatable bonds is 4. The monoisotopic (exact) mass is 301 g/mol. The number of aryl methyl sites for hydroxylation is 2. The maximum Gasteiger partial charge on any atom is 0.344 e. The molecule has 0 aliphatic carbocycles. The molecule has 2 rings (SSSR count). The van der Waals surface area contributed by atoms with E-state index >= 15 is 0 Å². The number of H-pyrrole nitrogens is 1. The minimum atomic E-state index is -0.655. The van der Waals surface area contributed by atoms with Gasteiger partial charge in [-0.15, -0.1) is 0 Å². The second-order valence-corrected chi connectivity index (χ2v) is 5.18. The summed E-state index contributed by atoms with van der Waals surface area (Å²) in [5.41, 5.74) is 2.03. The van der Waals surface area contributed by atoms with Crippen LogP contribution in [0.1, 0.15) is 40.2 Å². The van der Waals surface area contributed by atoms with Gasteiger partial charge in [0.1, 0.15) is 17.4 Å². The van der Waals surface area contributed by atoms with E-state index in [0.717, 1.165) is 11.1 Å². The highest BCUT2D eigenvalue weighted by atomic mass is 16.5. The third-order valence-corrected chi connectivity index (χ3v) is 3.38. The SMILES string of the molecule is COc1ccc(C)cc1[C@H](C)OC(=O)c1ccc(C)[nH]c1=O. The molecule has 1 aromatic heterocycles. The van der Waals surface area contributed by atoms with Crippen molar-refractivity contribution in [1.82, 2.24) is 4.98 Å². The van der Waals surface area contributed by atoms with Gasteiger partial charge in [-0.05, 0) is 45.0 Å². The Morgan fingerprint density at radius 3 is 2.55 bits per heavy atom. The number of methoxy groups -OCH3 is 1. The fourth-order valence-corrected chi connectivity index (χ4v) is 2.19. The predicted molar refractivity (Wildman–Crippen MR) is 83.4 cm³/mol. The highest BCUT2D eigenvalue weighted by molar-refractivity contribution is 5.89. The first-order valence-corrected chi connectivity index (χ1v) is 6.98. The molecule has 0 unspecified atom stereocenters. The molecule has 0 bridgehead atoms. The van der Waals surface area contributed by atoms with Crippen LogP contribution in [0.3, 0.4) is 0 Å². The lowest BCUT2D eigenvalue weighted by molar-refractivity contribution is 0.0331. The van der Waals surface area contributed by atoms with E-state index in [1.807, 2.05) is 25.1 Å². The van der Waals surface area contributed by atoms with Crippen LogP contribution < -0.4 is 10.3 Å². The molecule has 5 nitrogen and oxygen atoms in total. The smallest absolute Gasteiger partial charge is 0.344 e. The number of benzene rings is 1. The Balaban J connectivity index is 2.25. The largest absolute Gasteiger partial charge is 0.496 e. The van der Waals surface area contributed by atoms with Gasteiger partial charge in [0.15, 0.2) is 0 Å². The topological polar surface area (TPSA) is 68.4 Å². The van der Waals surface area contributed by atoms with Gasteiger partial charge in [0.25, 0.3) is 5.56 Å². The van der Waals surface area contributed by atoms with Gasteiger partial charge in [0, 0.05) is 11.3 Å². The molecule has 116 valence electrons. The molecule has 2 aromatic rings. The quantitative estimate of drug-likeness (QED) is 0.882. The Morgan fingerprint density at radius 1 is 1.18 bits per heavy atom. The Morgan fingerprint density at radius 2 is 1.91 bits per heavy atom. The molecule has 1 N–H and O–H groups in total. The average molecular weight is 301 g/mol. The molecular weight excluding hydrogens is 282 g/mol. The predicted octanol–water partition coefficient (Wildman–Crippen LogP) is 2.92. The Hall–Kier alpha value is -2.56. The summed E-state index contributed by atoms with van der Waals surface area (Å²) in [6.07, 6.45) is -0.525. The summed E-state index contributed by atoms with van der Waals surface area (Å²) in [5, 5.41) is 0. The van der Waals surface area contributed by atoms with Crippen molar-refractivity contribution in [2.24, 2.45) is 0 Å². The maximum atomic E-state index is 12.2. The minimum absolute atomic E-state index is 0.0101. The van der Waals surface area contributed by atoms with Crippen LogP contribution in [0, 0.1) is 13.8 Å². The maximum absolute atomic E-state index is 12.2. The lowest BCUT2D eigenvalue weighted by Gasteiger charge is -2.17. The zero-order valence-corrected chi connectivity index (χ0v) is 13.1. The summed E-state index contributed by atoms with van der Waals surface area (Å²) in [7, 11) is 1.56. The molecule has 0 aliphatic rings. The van der Waals surface area contributed by atoms with Crippen LogP contribution in [0.25, 0.3) is 0 Å². The third kappa shape index (κ3) is 3.36. The number of pyridine rings is 1. The van der Waals surface area contributed by atoms with Gasteiger partial charge in [-0.2, -0.15) is 0 Å². The first-order chi connectivity index (χ1) is 10.4. The van der Waals surface area contributed by atoms with Crippen molar-refractivity contribution in [1.29, 1.82) is 0 Å². The van der Waals surface area contributed by atoms with Crippen molar-refractivity contribution in [2.45, 2.75) is 26.9 Å². The molecule has 1 heterocycles. The molecule has 0 aliphatic heterocycles. The summed E-state index contributed by atoms with van der Waals surface area (Å²) in [4.78, 5) is 26.5. The van der Waals surface area contributed by atoms with Crippen molar-refractivity contribution < 1.29 is 14.3 Å². The molecule has 0 spiro atoms. The van der Waals surface area contributed by atoms with Crippen molar-refractivity contribution >= 4 is 5.97 Å². The second kappa shape index (κ2) is 6.47. The summed E-state index contributed by atoms with van der Waals surface area (Å²) >= 11 is 0. The van der Waals surface area contributed by atoms with E-state index in [9.17, 15) is 9.59 Å². The number of hydrogen-bond acceptors (Lipinski definition) is 4. The molecule has 22 heavy (non-hydrogen) atoms. The molecule has 0 fully saturated rings. The summed E-state index contributed by atoms with van der Waals surface area (Å²) in [6, 6.07) is 8.78. The number of aromatic nitrogens is 1. The number of nitrogens with one attached hydrogen (secondary N) is 1. The molecular formula is C17H19NO4. The van der Waals surface area contributed by atoms with Crippen LogP contribution in [0.5, 0.6) is 5.75 Å². The van der Waals surface area contributed by atoms with E-state index in [2.05, 4.69) is 4.98 Å². The fraction of sp³-hybridized carbons (Fsp3) is 0.294. The summed E-state index contributed by atoms with van der Waals surface area (Å²) < 4.78 is 10.7. The normalized spacial score (nSPS) is 11.8. The van der Waals surface area contributed by atoms with Gasteiger partial charge in [0.05, 0.1) is 7.11 Å². The average Bonchev–Trinajstić information content (AvgIpc) is 2.46. The molecule has 0 amide bonds. The Labute approximate surface area is 128 Å². The molecule has 0 saturated heterocycles. The summed E-state index contributed by atoms with van der Waals surface area (Å²) in [5.74, 6) is -0.0129. The first-order valence-electron chi connectivity index (χ1n) is 6.98. The van der Waals surface area contributed by atoms with E-state index in [0.29, 0.717) is 11.4 Å². The third-order valence-electron chi connectivity index (χ3n) is 3.38.